The van der Waals surface area contributed by atoms with Crippen LogP contribution in [0.3, 0.4) is 0 Å². The van der Waals surface area contributed by atoms with E-state index >= 15 is 0 Å². The van der Waals surface area contributed by atoms with Crippen LogP contribution in [0.1, 0.15) is 32.5 Å². The molecule has 0 aromatic carbocycles. The van der Waals surface area contributed by atoms with Crippen molar-refractivity contribution in [3.8, 4) is 5.88 Å². The molecule has 0 amide bonds. The van der Waals surface area contributed by atoms with Crippen molar-refractivity contribution in [3.63, 3.8) is 0 Å². The summed E-state index contributed by atoms with van der Waals surface area (Å²) in [5, 5.41) is 10.9. The summed E-state index contributed by atoms with van der Waals surface area (Å²) < 4.78 is 54.6. The third kappa shape index (κ3) is 8.04. The summed E-state index contributed by atoms with van der Waals surface area (Å²) in [7, 11) is 0. The van der Waals surface area contributed by atoms with Crippen LogP contribution in [0.25, 0.3) is 0 Å². The number of rotatable bonds is 8. The minimum atomic E-state index is -4.44. The molecule has 0 saturated carbocycles. The summed E-state index contributed by atoms with van der Waals surface area (Å²) in [4.78, 5) is 13.4. The van der Waals surface area contributed by atoms with Gasteiger partial charge in [0.1, 0.15) is 18.5 Å². The average Bonchev–Trinajstić information content (AvgIpc) is 2.77. The Balaban J connectivity index is 1.54. The first kappa shape index (κ1) is 24.5. The van der Waals surface area contributed by atoms with E-state index in [-0.39, 0.29) is 18.5 Å². The Kier molecular flexibility index (Phi) is 8.26. The molecular formula is C21H27F3N6O3. The van der Waals surface area contributed by atoms with Crippen LogP contribution in [-0.2, 0) is 16.1 Å². The van der Waals surface area contributed by atoms with Crippen LogP contribution < -0.4 is 10.1 Å². The van der Waals surface area contributed by atoms with E-state index in [9.17, 15) is 13.2 Å². The van der Waals surface area contributed by atoms with Crippen molar-refractivity contribution in [3.05, 3.63) is 36.4 Å². The van der Waals surface area contributed by atoms with E-state index in [0.29, 0.717) is 30.6 Å². The summed E-state index contributed by atoms with van der Waals surface area (Å²) in [6, 6.07) is 4.04. The smallest absolute Gasteiger partial charge is 0.406 e. The third-order valence-electron chi connectivity index (χ3n) is 4.74. The zero-order valence-corrected chi connectivity index (χ0v) is 18.4. The molecule has 1 aliphatic heterocycles. The van der Waals surface area contributed by atoms with Crippen molar-refractivity contribution in [2.24, 2.45) is 0 Å². The SMILES string of the molecule is CC(C)N(CC(F)(F)F)C(=N)OCc1nccc(Nc2ccc(OC3CCOCC3)nc2)n1. The number of hydrogen-bond donors (Lipinski definition) is 2. The molecule has 0 bridgehead atoms. The predicted molar refractivity (Wildman–Crippen MR) is 114 cm³/mol. The summed E-state index contributed by atoms with van der Waals surface area (Å²) in [5.74, 6) is 1.19. The first-order chi connectivity index (χ1) is 15.7. The normalized spacial score (nSPS) is 14.7. The summed E-state index contributed by atoms with van der Waals surface area (Å²) >= 11 is 0. The number of pyridine rings is 1. The molecular weight excluding hydrogens is 441 g/mol. The molecule has 0 radical (unpaired) electrons. The molecule has 2 aromatic heterocycles. The highest BCUT2D eigenvalue weighted by Crippen LogP contribution is 2.20. The van der Waals surface area contributed by atoms with Gasteiger partial charge < -0.3 is 24.4 Å². The van der Waals surface area contributed by atoms with Gasteiger partial charge in [-0.3, -0.25) is 5.41 Å². The van der Waals surface area contributed by atoms with Crippen molar-refractivity contribution in [2.75, 3.05) is 25.1 Å². The molecule has 9 nitrogen and oxygen atoms in total. The second-order valence-electron chi connectivity index (χ2n) is 7.73. The first-order valence-corrected chi connectivity index (χ1v) is 10.5. The minimum Gasteiger partial charge on any atom is -0.474 e. The number of ether oxygens (including phenoxy) is 3. The van der Waals surface area contributed by atoms with Gasteiger partial charge in [-0.05, 0) is 26.0 Å². The van der Waals surface area contributed by atoms with Gasteiger partial charge in [0.25, 0.3) is 6.02 Å². The molecule has 0 aliphatic carbocycles. The molecule has 2 N–H and O–H groups in total. The highest BCUT2D eigenvalue weighted by Gasteiger charge is 2.33. The van der Waals surface area contributed by atoms with Gasteiger partial charge in [0, 0.05) is 31.1 Å². The highest BCUT2D eigenvalue weighted by atomic mass is 19.4. The zero-order chi connectivity index (χ0) is 23.8. The van der Waals surface area contributed by atoms with Crippen LogP contribution in [-0.4, -0.2) is 64.0 Å². The Morgan fingerprint density at radius 3 is 2.64 bits per heavy atom. The lowest BCUT2D eigenvalue weighted by Crippen LogP contribution is -2.43. The number of hydrogen-bond acceptors (Lipinski definition) is 8. The Morgan fingerprint density at radius 2 is 2.00 bits per heavy atom. The topological polar surface area (TPSA) is 105 Å². The van der Waals surface area contributed by atoms with Crippen molar-refractivity contribution >= 4 is 17.5 Å². The van der Waals surface area contributed by atoms with Crippen LogP contribution >= 0.6 is 0 Å². The fraction of sp³-hybridized carbons (Fsp3) is 0.524. The predicted octanol–water partition coefficient (Wildman–Crippen LogP) is 3.90. The molecule has 1 aliphatic rings. The monoisotopic (exact) mass is 468 g/mol. The van der Waals surface area contributed by atoms with E-state index in [1.807, 2.05) is 0 Å². The van der Waals surface area contributed by atoms with E-state index in [4.69, 9.17) is 19.6 Å². The largest absolute Gasteiger partial charge is 0.474 e. The second-order valence-corrected chi connectivity index (χ2v) is 7.73. The molecule has 180 valence electrons. The molecule has 33 heavy (non-hydrogen) atoms. The van der Waals surface area contributed by atoms with Crippen LogP contribution in [0.5, 0.6) is 5.88 Å². The van der Waals surface area contributed by atoms with Crippen molar-refractivity contribution in [1.82, 2.24) is 19.9 Å². The van der Waals surface area contributed by atoms with E-state index in [1.54, 1.807) is 38.2 Å². The quantitative estimate of drug-likeness (QED) is 0.444. The van der Waals surface area contributed by atoms with Crippen molar-refractivity contribution in [1.29, 1.82) is 5.41 Å². The lowest BCUT2D eigenvalue weighted by Gasteiger charge is -2.28. The number of amidine groups is 1. The molecule has 1 saturated heterocycles. The van der Waals surface area contributed by atoms with E-state index < -0.39 is 24.8 Å². The van der Waals surface area contributed by atoms with E-state index in [0.717, 1.165) is 17.7 Å². The van der Waals surface area contributed by atoms with Gasteiger partial charge in [0.2, 0.25) is 5.88 Å². The molecule has 3 heterocycles. The lowest BCUT2D eigenvalue weighted by atomic mass is 10.1. The third-order valence-corrected chi connectivity index (χ3v) is 4.74. The molecule has 0 unspecified atom stereocenters. The van der Waals surface area contributed by atoms with Crippen LogP contribution in [0.4, 0.5) is 24.7 Å². The summed E-state index contributed by atoms with van der Waals surface area (Å²) in [6.07, 6.45) is 0.409. The standard InChI is InChI=1S/C21H27F3N6O3/c1-14(2)30(13-21(22,23)24)20(25)32-12-18-26-8-5-17(29-18)28-15-3-4-19(27-11-15)33-16-6-9-31-10-7-16/h3-5,8,11,14,16,25H,6-7,9-10,12-13H2,1-2H3,(H,26,28,29). The Bertz CT molecular complexity index is 905. The Labute approximate surface area is 189 Å². The highest BCUT2D eigenvalue weighted by molar-refractivity contribution is 5.70. The number of aromatic nitrogens is 3. The fourth-order valence-electron chi connectivity index (χ4n) is 3.07. The molecule has 3 rings (SSSR count). The number of nitrogens with one attached hydrogen (secondary N) is 2. The van der Waals surface area contributed by atoms with E-state index in [1.165, 1.54) is 6.20 Å². The van der Waals surface area contributed by atoms with Crippen molar-refractivity contribution < 1.29 is 27.4 Å². The molecule has 0 spiro atoms. The minimum absolute atomic E-state index is 0.0935. The molecule has 0 atom stereocenters. The van der Waals surface area contributed by atoms with Crippen LogP contribution in [0.2, 0.25) is 0 Å². The molecule has 2 aromatic rings. The van der Waals surface area contributed by atoms with Gasteiger partial charge in [0.05, 0.1) is 25.1 Å². The van der Waals surface area contributed by atoms with Gasteiger partial charge in [-0.1, -0.05) is 0 Å². The first-order valence-electron chi connectivity index (χ1n) is 10.5. The summed E-state index contributed by atoms with van der Waals surface area (Å²) in [5.41, 5.74) is 0.670. The zero-order valence-electron chi connectivity index (χ0n) is 18.4. The average molecular weight is 468 g/mol. The van der Waals surface area contributed by atoms with Gasteiger partial charge in [0.15, 0.2) is 12.4 Å². The number of halogens is 3. The lowest BCUT2D eigenvalue weighted by molar-refractivity contribution is -0.142. The molecule has 1 fully saturated rings. The number of anilines is 2. The molecule has 12 heteroatoms. The van der Waals surface area contributed by atoms with Gasteiger partial charge in [-0.25, -0.2) is 15.0 Å². The van der Waals surface area contributed by atoms with Crippen LogP contribution in [0, 0.1) is 5.41 Å². The van der Waals surface area contributed by atoms with Crippen molar-refractivity contribution in [2.45, 2.75) is 51.6 Å². The van der Waals surface area contributed by atoms with Gasteiger partial charge >= 0.3 is 6.18 Å². The maximum absolute atomic E-state index is 12.7. The Hall–Kier alpha value is -3.15. The fourth-order valence-corrected chi connectivity index (χ4v) is 3.07. The summed E-state index contributed by atoms with van der Waals surface area (Å²) in [6.45, 7) is 2.96. The number of alkyl halides is 3. The number of nitrogens with zero attached hydrogens (tertiary/aromatic N) is 4. The maximum atomic E-state index is 12.7. The van der Waals surface area contributed by atoms with Crippen LogP contribution in [0.15, 0.2) is 30.6 Å². The second kappa shape index (κ2) is 11.1. The van der Waals surface area contributed by atoms with Gasteiger partial charge in [-0.2, -0.15) is 13.2 Å². The Morgan fingerprint density at radius 1 is 1.24 bits per heavy atom. The van der Waals surface area contributed by atoms with Gasteiger partial charge in [-0.15, -0.1) is 0 Å². The van der Waals surface area contributed by atoms with E-state index in [2.05, 4.69) is 20.3 Å². The maximum Gasteiger partial charge on any atom is 0.406 e.